The molecule has 2 aromatic rings. The van der Waals surface area contributed by atoms with Crippen molar-refractivity contribution < 1.29 is 9.50 Å². The van der Waals surface area contributed by atoms with Crippen LogP contribution in [0, 0.1) is 40.4 Å². The van der Waals surface area contributed by atoms with Gasteiger partial charge in [-0.05, 0) is 85.7 Å². The summed E-state index contributed by atoms with van der Waals surface area (Å²) in [7, 11) is 0. The molecule has 1 atom stereocenters. The smallest absolute Gasteiger partial charge is 0.123 e. The average molecular weight is 272 g/mol. The molecule has 2 aromatic carbocycles. The van der Waals surface area contributed by atoms with Gasteiger partial charge < -0.3 is 5.11 Å². The Bertz CT molecular complexity index is 612. The van der Waals surface area contributed by atoms with Crippen molar-refractivity contribution in [2.75, 3.05) is 0 Å². The highest BCUT2D eigenvalue weighted by atomic mass is 19.1. The van der Waals surface area contributed by atoms with Crippen LogP contribution in [0.15, 0.2) is 24.3 Å². The Kier molecular flexibility index (Phi) is 3.96. The van der Waals surface area contributed by atoms with Crippen molar-refractivity contribution in [3.63, 3.8) is 0 Å². The topological polar surface area (TPSA) is 20.2 Å². The first-order valence-electron chi connectivity index (χ1n) is 6.85. The molecule has 0 spiro atoms. The Balaban J connectivity index is 2.60. The fraction of sp³-hybridized carbons (Fsp3) is 0.333. The van der Waals surface area contributed by atoms with Crippen LogP contribution in [-0.4, -0.2) is 5.11 Å². The van der Waals surface area contributed by atoms with Crippen molar-refractivity contribution in [2.45, 2.75) is 40.7 Å². The van der Waals surface area contributed by atoms with Gasteiger partial charge in [-0.1, -0.05) is 12.1 Å². The zero-order chi connectivity index (χ0) is 15.0. The molecule has 2 rings (SSSR count). The van der Waals surface area contributed by atoms with E-state index in [4.69, 9.17) is 0 Å². The largest absolute Gasteiger partial charge is 0.384 e. The molecule has 0 radical (unpaired) electrons. The second-order valence-electron chi connectivity index (χ2n) is 5.49. The lowest BCUT2D eigenvalue weighted by atomic mass is 9.85. The van der Waals surface area contributed by atoms with Crippen LogP contribution in [0.25, 0.3) is 0 Å². The third-order valence-corrected chi connectivity index (χ3v) is 4.52. The Morgan fingerprint density at radius 2 is 1.15 bits per heavy atom. The molecule has 0 aliphatic heterocycles. The molecule has 0 saturated heterocycles. The highest BCUT2D eigenvalue weighted by Crippen LogP contribution is 2.33. The molecule has 1 N–H and O–H groups in total. The van der Waals surface area contributed by atoms with Crippen molar-refractivity contribution >= 4 is 0 Å². The summed E-state index contributed by atoms with van der Waals surface area (Å²) in [6.45, 7) is 10.3. The van der Waals surface area contributed by atoms with E-state index in [1.807, 2.05) is 13.8 Å². The molecule has 0 aromatic heterocycles. The van der Waals surface area contributed by atoms with Crippen LogP contribution in [0.1, 0.15) is 45.0 Å². The van der Waals surface area contributed by atoms with Crippen LogP contribution >= 0.6 is 0 Å². The van der Waals surface area contributed by atoms with Gasteiger partial charge in [0.15, 0.2) is 0 Å². The van der Waals surface area contributed by atoms with Crippen molar-refractivity contribution in [3.8, 4) is 0 Å². The number of aliphatic hydroxyl groups is 1. The second-order valence-corrected chi connectivity index (χ2v) is 5.49. The standard InChI is InChI=1S/C18H21FO/c1-10-11(2)13(4)17(14(5)12(10)3)18(20)15-6-8-16(19)9-7-15/h6-9,18,20H,1-5H3. The minimum atomic E-state index is -0.714. The first-order chi connectivity index (χ1) is 9.34. The zero-order valence-electron chi connectivity index (χ0n) is 12.7. The molecule has 0 bridgehead atoms. The van der Waals surface area contributed by atoms with E-state index in [1.165, 1.54) is 28.8 Å². The SMILES string of the molecule is Cc1c(C)c(C)c(C(O)c2ccc(F)cc2)c(C)c1C. The summed E-state index contributed by atoms with van der Waals surface area (Å²) in [6.07, 6.45) is -0.714. The highest BCUT2D eigenvalue weighted by molar-refractivity contribution is 5.52. The number of aliphatic hydroxyl groups excluding tert-OH is 1. The molecule has 0 aliphatic rings. The summed E-state index contributed by atoms with van der Waals surface area (Å²) in [5.74, 6) is -0.286. The van der Waals surface area contributed by atoms with Gasteiger partial charge in [0.2, 0.25) is 0 Å². The Morgan fingerprint density at radius 3 is 1.60 bits per heavy atom. The number of rotatable bonds is 2. The van der Waals surface area contributed by atoms with E-state index >= 15 is 0 Å². The quantitative estimate of drug-likeness (QED) is 0.856. The highest BCUT2D eigenvalue weighted by Gasteiger charge is 2.19. The minimum absolute atomic E-state index is 0.286. The normalized spacial score (nSPS) is 12.6. The molecule has 1 unspecified atom stereocenters. The summed E-state index contributed by atoms with van der Waals surface area (Å²) in [6, 6.07) is 6.06. The summed E-state index contributed by atoms with van der Waals surface area (Å²) < 4.78 is 13.0. The van der Waals surface area contributed by atoms with E-state index in [0.29, 0.717) is 0 Å². The van der Waals surface area contributed by atoms with Crippen LogP contribution in [-0.2, 0) is 0 Å². The van der Waals surface area contributed by atoms with Crippen LogP contribution in [0.3, 0.4) is 0 Å². The average Bonchev–Trinajstić information content (AvgIpc) is 2.44. The van der Waals surface area contributed by atoms with Gasteiger partial charge in [0, 0.05) is 0 Å². The van der Waals surface area contributed by atoms with E-state index in [2.05, 4.69) is 20.8 Å². The van der Waals surface area contributed by atoms with Gasteiger partial charge in [-0.15, -0.1) is 0 Å². The second kappa shape index (κ2) is 5.37. The lowest BCUT2D eigenvalue weighted by Crippen LogP contribution is -2.09. The predicted octanol–water partition coefficient (Wildman–Crippen LogP) is 4.45. The Morgan fingerprint density at radius 1 is 0.750 bits per heavy atom. The maximum atomic E-state index is 13.0. The third kappa shape index (κ3) is 2.36. The predicted molar refractivity (Wildman–Crippen MR) is 80.6 cm³/mol. The van der Waals surface area contributed by atoms with E-state index < -0.39 is 6.10 Å². The molecule has 2 heteroatoms. The molecule has 0 fully saturated rings. The first-order valence-corrected chi connectivity index (χ1v) is 6.85. The fourth-order valence-electron chi connectivity index (χ4n) is 2.75. The lowest BCUT2D eigenvalue weighted by Gasteiger charge is -2.22. The molecular weight excluding hydrogens is 251 g/mol. The molecule has 0 saturated carbocycles. The van der Waals surface area contributed by atoms with Crippen molar-refractivity contribution in [3.05, 3.63) is 69.0 Å². The van der Waals surface area contributed by atoms with Crippen molar-refractivity contribution in [1.82, 2.24) is 0 Å². The summed E-state index contributed by atoms with van der Waals surface area (Å²) in [5, 5.41) is 10.7. The number of hydrogen-bond acceptors (Lipinski definition) is 1. The molecule has 0 aliphatic carbocycles. The Hall–Kier alpha value is -1.67. The number of benzene rings is 2. The van der Waals surface area contributed by atoms with E-state index in [0.717, 1.165) is 22.3 Å². The summed E-state index contributed by atoms with van der Waals surface area (Å²) in [4.78, 5) is 0. The van der Waals surface area contributed by atoms with E-state index in [9.17, 15) is 9.50 Å². The number of hydrogen-bond donors (Lipinski definition) is 1. The van der Waals surface area contributed by atoms with Crippen LogP contribution in [0.4, 0.5) is 4.39 Å². The summed E-state index contributed by atoms with van der Waals surface area (Å²) in [5.41, 5.74) is 7.59. The molecule has 0 heterocycles. The number of halogens is 1. The van der Waals surface area contributed by atoms with Gasteiger partial charge in [0.1, 0.15) is 11.9 Å². The monoisotopic (exact) mass is 272 g/mol. The molecule has 1 nitrogen and oxygen atoms in total. The van der Waals surface area contributed by atoms with Crippen LogP contribution < -0.4 is 0 Å². The van der Waals surface area contributed by atoms with E-state index in [1.54, 1.807) is 12.1 Å². The molecule has 20 heavy (non-hydrogen) atoms. The minimum Gasteiger partial charge on any atom is -0.384 e. The third-order valence-electron chi connectivity index (χ3n) is 4.52. The first kappa shape index (κ1) is 14.7. The van der Waals surface area contributed by atoms with Gasteiger partial charge >= 0.3 is 0 Å². The Labute approximate surface area is 120 Å². The van der Waals surface area contributed by atoms with Crippen molar-refractivity contribution in [1.29, 1.82) is 0 Å². The zero-order valence-corrected chi connectivity index (χ0v) is 12.7. The van der Waals surface area contributed by atoms with Crippen molar-refractivity contribution in [2.24, 2.45) is 0 Å². The van der Waals surface area contributed by atoms with E-state index in [-0.39, 0.29) is 5.82 Å². The lowest BCUT2D eigenvalue weighted by molar-refractivity contribution is 0.218. The maximum absolute atomic E-state index is 13.0. The van der Waals surface area contributed by atoms with Gasteiger partial charge in [-0.3, -0.25) is 0 Å². The van der Waals surface area contributed by atoms with Gasteiger partial charge in [0.25, 0.3) is 0 Å². The molecular formula is C18H21FO. The summed E-state index contributed by atoms with van der Waals surface area (Å²) >= 11 is 0. The fourth-order valence-corrected chi connectivity index (χ4v) is 2.75. The molecule has 106 valence electrons. The molecule has 0 amide bonds. The van der Waals surface area contributed by atoms with Gasteiger partial charge in [-0.25, -0.2) is 4.39 Å². The van der Waals surface area contributed by atoms with Crippen LogP contribution in [0.5, 0.6) is 0 Å². The van der Waals surface area contributed by atoms with Gasteiger partial charge in [0.05, 0.1) is 0 Å². The maximum Gasteiger partial charge on any atom is 0.123 e. The van der Waals surface area contributed by atoms with Gasteiger partial charge in [-0.2, -0.15) is 0 Å². The van der Waals surface area contributed by atoms with Crippen LogP contribution in [0.2, 0.25) is 0 Å².